The Kier molecular flexibility index (Phi) is 3.83. The predicted octanol–water partition coefficient (Wildman–Crippen LogP) is 2.84. The summed E-state index contributed by atoms with van der Waals surface area (Å²) in [5.74, 6) is 0.323. The molecule has 0 saturated carbocycles. The second-order valence-corrected chi connectivity index (χ2v) is 6.17. The van der Waals surface area contributed by atoms with Crippen molar-refractivity contribution in [2.75, 3.05) is 13.1 Å². The van der Waals surface area contributed by atoms with Gasteiger partial charge in [0.05, 0.1) is 0 Å². The Labute approximate surface area is 125 Å². The van der Waals surface area contributed by atoms with E-state index in [1.54, 1.807) is 24.5 Å². The Morgan fingerprint density at radius 1 is 1.38 bits per heavy atom. The molecule has 0 bridgehead atoms. The first-order valence-electron chi connectivity index (χ1n) is 6.66. The molecule has 0 radical (unpaired) electrons. The van der Waals surface area contributed by atoms with Crippen LogP contribution in [0.2, 0.25) is 0 Å². The first kappa shape index (κ1) is 13.9. The van der Waals surface area contributed by atoms with Crippen molar-refractivity contribution >= 4 is 33.9 Å². The van der Waals surface area contributed by atoms with E-state index in [2.05, 4.69) is 4.98 Å². The van der Waals surface area contributed by atoms with Crippen LogP contribution in [0.4, 0.5) is 4.79 Å². The monoisotopic (exact) mass is 306 g/mol. The third-order valence-corrected chi connectivity index (χ3v) is 4.72. The zero-order chi connectivity index (χ0) is 14.8. The van der Waals surface area contributed by atoms with Gasteiger partial charge in [-0.2, -0.15) is 0 Å². The van der Waals surface area contributed by atoms with Crippen LogP contribution in [-0.4, -0.2) is 44.5 Å². The fourth-order valence-corrected chi connectivity index (χ4v) is 3.33. The minimum atomic E-state index is -0.894. The summed E-state index contributed by atoms with van der Waals surface area (Å²) in [5.41, 5.74) is 0.648. The number of hydrogen-bond acceptors (Lipinski definition) is 5. The van der Waals surface area contributed by atoms with Crippen LogP contribution in [0.15, 0.2) is 28.9 Å². The SMILES string of the molecule is O=C(SC1CCN(C(=O)O)CC1)c1cc2cnccc2o1. The van der Waals surface area contributed by atoms with Crippen molar-refractivity contribution in [2.24, 2.45) is 0 Å². The van der Waals surface area contributed by atoms with Gasteiger partial charge in [0.15, 0.2) is 5.76 Å². The molecular formula is C14H14N2O4S. The first-order valence-corrected chi connectivity index (χ1v) is 7.54. The minimum absolute atomic E-state index is 0.111. The number of amides is 1. The fraction of sp³-hybridized carbons (Fsp3) is 0.357. The Hall–Kier alpha value is -2.02. The van der Waals surface area contributed by atoms with Crippen molar-refractivity contribution in [3.05, 3.63) is 30.3 Å². The van der Waals surface area contributed by atoms with E-state index < -0.39 is 6.09 Å². The van der Waals surface area contributed by atoms with Crippen LogP contribution < -0.4 is 0 Å². The molecule has 2 aromatic rings. The number of hydrogen-bond donors (Lipinski definition) is 1. The zero-order valence-corrected chi connectivity index (χ0v) is 12.0. The molecule has 1 saturated heterocycles. The van der Waals surface area contributed by atoms with Gasteiger partial charge in [-0.05, 0) is 25.0 Å². The molecule has 1 amide bonds. The quantitative estimate of drug-likeness (QED) is 0.918. The van der Waals surface area contributed by atoms with E-state index in [0.717, 1.165) is 5.39 Å². The first-order chi connectivity index (χ1) is 10.1. The Balaban J connectivity index is 1.63. The van der Waals surface area contributed by atoms with Crippen LogP contribution in [-0.2, 0) is 0 Å². The van der Waals surface area contributed by atoms with Crippen molar-refractivity contribution in [3.63, 3.8) is 0 Å². The van der Waals surface area contributed by atoms with Gasteiger partial charge in [-0.1, -0.05) is 11.8 Å². The summed E-state index contributed by atoms with van der Waals surface area (Å²) in [4.78, 5) is 28.4. The number of piperidine rings is 1. The van der Waals surface area contributed by atoms with Gasteiger partial charge in [0.1, 0.15) is 5.58 Å². The number of fused-ring (bicyclic) bond motifs is 1. The summed E-state index contributed by atoms with van der Waals surface area (Å²) in [6.07, 6.45) is 3.75. The molecule has 0 aromatic carbocycles. The maximum atomic E-state index is 12.2. The van der Waals surface area contributed by atoms with Crippen molar-refractivity contribution < 1.29 is 19.1 Å². The van der Waals surface area contributed by atoms with Gasteiger partial charge in [-0.15, -0.1) is 0 Å². The minimum Gasteiger partial charge on any atom is -0.465 e. The second-order valence-electron chi connectivity index (χ2n) is 4.90. The average Bonchev–Trinajstić information content (AvgIpc) is 2.92. The van der Waals surface area contributed by atoms with E-state index in [-0.39, 0.29) is 10.4 Å². The summed E-state index contributed by atoms with van der Waals surface area (Å²) >= 11 is 1.23. The van der Waals surface area contributed by atoms with E-state index in [1.807, 2.05) is 0 Å². The summed E-state index contributed by atoms with van der Waals surface area (Å²) in [6.45, 7) is 0.953. The van der Waals surface area contributed by atoms with E-state index in [1.165, 1.54) is 16.7 Å². The number of carbonyl (C=O) groups is 2. The van der Waals surface area contributed by atoms with Crippen molar-refractivity contribution in [3.8, 4) is 0 Å². The lowest BCUT2D eigenvalue weighted by Crippen LogP contribution is -2.38. The molecule has 2 aromatic heterocycles. The maximum Gasteiger partial charge on any atom is 0.407 e. The number of aromatic nitrogens is 1. The molecule has 7 heteroatoms. The number of pyridine rings is 1. The fourth-order valence-electron chi connectivity index (χ4n) is 2.36. The van der Waals surface area contributed by atoms with Gasteiger partial charge in [-0.25, -0.2) is 4.79 Å². The highest BCUT2D eigenvalue weighted by molar-refractivity contribution is 8.14. The van der Waals surface area contributed by atoms with Crippen LogP contribution in [0.1, 0.15) is 23.4 Å². The van der Waals surface area contributed by atoms with E-state index in [4.69, 9.17) is 9.52 Å². The van der Waals surface area contributed by atoms with Crippen LogP contribution in [0.5, 0.6) is 0 Å². The molecule has 3 rings (SSSR count). The van der Waals surface area contributed by atoms with Gasteiger partial charge in [0.25, 0.3) is 5.12 Å². The second kappa shape index (κ2) is 5.77. The highest BCUT2D eigenvalue weighted by atomic mass is 32.2. The van der Waals surface area contributed by atoms with Gasteiger partial charge < -0.3 is 14.4 Å². The van der Waals surface area contributed by atoms with E-state index >= 15 is 0 Å². The molecule has 1 N–H and O–H groups in total. The number of furan rings is 1. The van der Waals surface area contributed by atoms with Gasteiger partial charge in [-0.3, -0.25) is 9.78 Å². The molecule has 6 nitrogen and oxygen atoms in total. The highest BCUT2D eigenvalue weighted by Gasteiger charge is 2.26. The van der Waals surface area contributed by atoms with Crippen molar-refractivity contribution in [2.45, 2.75) is 18.1 Å². The lowest BCUT2D eigenvalue weighted by molar-refractivity contribution is 0.106. The largest absolute Gasteiger partial charge is 0.465 e. The summed E-state index contributed by atoms with van der Waals surface area (Å²) < 4.78 is 5.52. The van der Waals surface area contributed by atoms with E-state index in [0.29, 0.717) is 37.3 Å². The number of thioether (sulfide) groups is 1. The van der Waals surface area contributed by atoms with Crippen LogP contribution >= 0.6 is 11.8 Å². The number of nitrogens with zero attached hydrogens (tertiary/aromatic N) is 2. The summed E-state index contributed by atoms with van der Waals surface area (Å²) in [6, 6.07) is 3.42. The third kappa shape index (κ3) is 3.02. The number of likely N-dealkylation sites (tertiary alicyclic amines) is 1. The van der Waals surface area contributed by atoms with Crippen molar-refractivity contribution in [1.29, 1.82) is 0 Å². The number of carboxylic acid groups (broad SMARTS) is 1. The molecule has 1 aliphatic rings. The Morgan fingerprint density at radius 2 is 2.14 bits per heavy atom. The number of rotatable bonds is 2. The molecule has 0 spiro atoms. The summed E-state index contributed by atoms with van der Waals surface area (Å²) in [5, 5.41) is 9.73. The molecule has 21 heavy (non-hydrogen) atoms. The maximum absolute atomic E-state index is 12.2. The number of carbonyl (C=O) groups excluding carboxylic acids is 1. The van der Waals surface area contributed by atoms with Gasteiger partial charge in [0.2, 0.25) is 0 Å². The standard InChI is InChI=1S/C14H14N2O4S/c17-13(12-7-9-8-15-4-1-11(9)20-12)21-10-2-5-16(6-3-10)14(18)19/h1,4,7-8,10H,2-3,5-6H2,(H,18,19). The Bertz CT molecular complexity index is 643. The van der Waals surface area contributed by atoms with Crippen LogP contribution in [0.25, 0.3) is 11.0 Å². The van der Waals surface area contributed by atoms with Crippen LogP contribution in [0, 0.1) is 0 Å². The molecule has 1 aliphatic heterocycles. The smallest absolute Gasteiger partial charge is 0.407 e. The average molecular weight is 306 g/mol. The topological polar surface area (TPSA) is 83.6 Å². The molecular weight excluding hydrogens is 292 g/mol. The third-order valence-electron chi connectivity index (χ3n) is 3.50. The molecule has 0 unspecified atom stereocenters. The Morgan fingerprint density at radius 3 is 2.81 bits per heavy atom. The molecule has 3 heterocycles. The molecule has 0 aliphatic carbocycles. The van der Waals surface area contributed by atoms with E-state index in [9.17, 15) is 9.59 Å². The lowest BCUT2D eigenvalue weighted by atomic mass is 10.1. The van der Waals surface area contributed by atoms with Crippen LogP contribution in [0.3, 0.4) is 0 Å². The molecule has 1 fully saturated rings. The van der Waals surface area contributed by atoms with Crippen molar-refractivity contribution in [1.82, 2.24) is 9.88 Å². The molecule has 110 valence electrons. The molecule has 0 atom stereocenters. The summed E-state index contributed by atoms with van der Waals surface area (Å²) in [7, 11) is 0. The normalized spacial score (nSPS) is 16.3. The van der Waals surface area contributed by atoms with Gasteiger partial charge >= 0.3 is 6.09 Å². The van der Waals surface area contributed by atoms with Gasteiger partial charge in [0, 0.05) is 36.1 Å². The zero-order valence-electron chi connectivity index (χ0n) is 11.2. The predicted molar refractivity (Wildman–Crippen MR) is 78.6 cm³/mol. The lowest BCUT2D eigenvalue weighted by Gasteiger charge is -2.28. The highest BCUT2D eigenvalue weighted by Crippen LogP contribution is 2.29.